The summed E-state index contributed by atoms with van der Waals surface area (Å²) in [6, 6.07) is 6.46. The van der Waals surface area contributed by atoms with E-state index in [2.05, 4.69) is 20.1 Å². The monoisotopic (exact) mass is 406 g/mol. The highest BCUT2D eigenvalue weighted by Crippen LogP contribution is 2.18. The Hall–Kier alpha value is -2.52. The molecule has 1 aliphatic heterocycles. The van der Waals surface area contributed by atoms with Crippen molar-refractivity contribution < 1.29 is 18.7 Å². The van der Waals surface area contributed by atoms with Crippen molar-refractivity contribution in [1.29, 1.82) is 0 Å². The van der Waals surface area contributed by atoms with E-state index in [0.29, 0.717) is 17.4 Å². The zero-order chi connectivity index (χ0) is 19.9. The third kappa shape index (κ3) is 5.74. The highest BCUT2D eigenvalue weighted by molar-refractivity contribution is 7.13. The van der Waals surface area contributed by atoms with Gasteiger partial charge in [-0.05, 0) is 31.2 Å². The molecular weight excluding hydrogens is 383 g/mol. The molecule has 0 saturated carbocycles. The molecule has 2 heterocycles. The molecule has 0 unspecified atom stereocenters. The number of hydrogen-bond donors (Lipinski definition) is 1. The van der Waals surface area contributed by atoms with E-state index in [0.717, 1.165) is 31.9 Å². The summed E-state index contributed by atoms with van der Waals surface area (Å²) in [4.78, 5) is 32.3. The van der Waals surface area contributed by atoms with Gasteiger partial charge in [0.1, 0.15) is 5.82 Å². The summed E-state index contributed by atoms with van der Waals surface area (Å²) < 4.78 is 17.9. The maximum Gasteiger partial charge on any atom is 0.311 e. The first-order chi connectivity index (χ1) is 13.5. The van der Waals surface area contributed by atoms with E-state index in [4.69, 9.17) is 4.74 Å². The van der Waals surface area contributed by atoms with E-state index in [9.17, 15) is 14.0 Å². The number of benzene rings is 1. The fourth-order valence-electron chi connectivity index (χ4n) is 2.98. The topological polar surface area (TPSA) is 74.8 Å². The molecular formula is C19H23FN4O3S. The minimum absolute atomic E-state index is 0.103. The first-order valence-electron chi connectivity index (χ1n) is 9.16. The van der Waals surface area contributed by atoms with Gasteiger partial charge in [0.25, 0.3) is 0 Å². The standard InChI is InChI=1S/C19H23FN4O3S/c1-2-27-18(26)11-15-13-28-19(21-15)22-17(25)12-23-7-9-24(10-8-23)16-5-3-14(20)4-6-16/h3-6,13H,2,7-12H2,1H3,(H,21,22,25). The fraction of sp³-hybridized carbons (Fsp3) is 0.421. The number of carbonyl (C=O) groups excluding carboxylic acids is 2. The fourth-order valence-corrected chi connectivity index (χ4v) is 3.71. The number of piperazine rings is 1. The lowest BCUT2D eigenvalue weighted by Gasteiger charge is -2.35. The van der Waals surface area contributed by atoms with Gasteiger partial charge < -0.3 is 15.0 Å². The van der Waals surface area contributed by atoms with Crippen LogP contribution >= 0.6 is 11.3 Å². The molecule has 1 aromatic heterocycles. The van der Waals surface area contributed by atoms with Crippen LogP contribution in [0.5, 0.6) is 0 Å². The summed E-state index contributed by atoms with van der Waals surface area (Å²) in [6.07, 6.45) is 0.103. The van der Waals surface area contributed by atoms with Crippen LogP contribution < -0.4 is 10.2 Å². The molecule has 1 aromatic carbocycles. The minimum atomic E-state index is -0.329. The quantitative estimate of drug-likeness (QED) is 0.711. The van der Waals surface area contributed by atoms with E-state index >= 15 is 0 Å². The molecule has 7 nitrogen and oxygen atoms in total. The highest BCUT2D eigenvalue weighted by atomic mass is 32.1. The second kappa shape index (κ2) is 9.61. The summed E-state index contributed by atoms with van der Waals surface area (Å²) >= 11 is 1.29. The van der Waals surface area contributed by atoms with Gasteiger partial charge >= 0.3 is 5.97 Å². The number of nitrogens with one attached hydrogen (secondary N) is 1. The van der Waals surface area contributed by atoms with Crippen LogP contribution in [0.15, 0.2) is 29.6 Å². The third-order valence-corrected chi connectivity index (χ3v) is 5.17. The summed E-state index contributed by atoms with van der Waals surface area (Å²) in [7, 11) is 0. The first-order valence-corrected chi connectivity index (χ1v) is 10.0. The van der Waals surface area contributed by atoms with Crippen LogP contribution in [0.3, 0.4) is 0 Å². The molecule has 1 saturated heterocycles. The molecule has 150 valence electrons. The normalized spacial score (nSPS) is 14.7. The molecule has 28 heavy (non-hydrogen) atoms. The van der Waals surface area contributed by atoms with Crippen molar-refractivity contribution >= 4 is 34.0 Å². The SMILES string of the molecule is CCOC(=O)Cc1csc(NC(=O)CN2CCN(c3ccc(F)cc3)CC2)n1. The number of anilines is 2. The number of halogens is 1. The average Bonchev–Trinajstić information content (AvgIpc) is 3.09. The van der Waals surface area contributed by atoms with Gasteiger partial charge in [-0.25, -0.2) is 9.37 Å². The second-order valence-corrected chi connectivity index (χ2v) is 7.27. The first kappa shape index (κ1) is 20.2. The maximum absolute atomic E-state index is 13.0. The Morgan fingerprint density at radius 1 is 1.21 bits per heavy atom. The molecule has 0 bridgehead atoms. The number of thiazole rings is 1. The number of hydrogen-bond acceptors (Lipinski definition) is 7. The van der Waals surface area contributed by atoms with E-state index < -0.39 is 0 Å². The number of amides is 1. The van der Waals surface area contributed by atoms with Gasteiger partial charge in [-0.3, -0.25) is 14.5 Å². The molecule has 1 amide bonds. The molecule has 0 radical (unpaired) electrons. The van der Waals surface area contributed by atoms with E-state index in [1.165, 1.54) is 23.5 Å². The van der Waals surface area contributed by atoms with Crippen LogP contribution in [-0.4, -0.2) is 61.1 Å². The van der Waals surface area contributed by atoms with Gasteiger partial charge in [0.2, 0.25) is 5.91 Å². The van der Waals surface area contributed by atoms with Crippen LogP contribution in [-0.2, 0) is 20.7 Å². The molecule has 1 N–H and O–H groups in total. The second-order valence-electron chi connectivity index (χ2n) is 6.41. The lowest BCUT2D eigenvalue weighted by molar-refractivity contribution is -0.142. The van der Waals surface area contributed by atoms with Crippen molar-refractivity contribution in [2.45, 2.75) is 13.3 Å². The largest absolute Gasteiger partial charge is 0.466 e. The lowest BCUT2D eigenvalue weighted by Crippen LogP contribution is -2.48. The lowest BCUT2D eigenvalue weighted by atomic mass is 10.2. The van der Waals surface area contributed by atoms with Gasteiger partial charge in [-0.1, -0.05) is 0 Å². The van der Waals surface area contributed by atoms with Crippen LogP contribution in [0.4, 0.5) is 15.2 Å². The molecule has 9 heteroatoms. The molecule has 1 fully saturated rings. The van der Waals surface area contributed by atoms with Gasteiger partial charge in [-0.15, -0.1) is 11.3 Å². The number of ether oxygens (including phenoxy) is 1. The average molecular weight is 406 g/mol. The van der Waals surface area contributed by atoms with Crippen LogP contribution in [0.2, 0.25) is 0 Å². The smallest absolute Gasteiger partial charge is 0.311 e. The van der Waals surface area contributed by atoms with E-state index in [1.807, 2.05) is 0 Å². The van der Waals surface area contributed by atoms with Gasteiger partial charge in [0.05, 0.1) is 25.3 Å². The van der Waals surface area contributed by atoms with Crippen LogP contribution in [0.25, 0.3) is 0 Å². The molecule has 0 atom stereocenters. The Morgan fingerprint density at radius 2 is 1.93 bits per heavy atom. The molecule has 0 spiro atoms. The predicted octanol–water partition coefficient (Wildman–Crippen LogP) is 2.15. The molecule has 0 aliphatic carbocycles. The van der Waals surface area contributed by atoms with Crippen molar-refractivity contribution in [1.82, 2.24) is 9.88 Å². The van der Waals surface area contributed by atoms with E-state index in [-0.39, 0.29) is 30.7 Å². The zero-order valence-corrected chi connectivity index (χ0v) is 16.5. The molecule has 1 aliphatic rings. The van der Waals surface area contributed by atoms with Crippen molar-refractivity contribution in [3.63, 3.8) is 0 Å². The van der Waals surface area contributed by atoms with Crippen LogP contribution in [0, 0.1) is 5.82 Å². The Balaban J connectivity index is 1.43. The van der Waals surface area contributed by atoms with Crippen molar-refractivity contribution in [3.8, 4) is 0 Å². The summed E-state index contributed by atoms with van der Waals surface area (Å²) in [5, 5.41) is 5.01. The van der Waals surface area contributed by atoms with Crippen molar-refractivity contribution in [2.75, 3.05) is 49.5 Å². The Kier molecular flexibility index (Phi) is 6.94. The highest BCUT2D eigenvalue weighted by Gasteiger charge is 2.20. The predicted molar refractivity (Wildman–Crippen MR) is 106 cm³/mol. The minimum Gasteiger partial charge on any atom is -0.466 e. The molecule has 3 rings (SSSR count). The Labute approximate surface area is 167 Å². The van der Waals surface area contributed by atoms with Gasteiger partial charge in [0, 0.05) is 37.2 Å². The summed E-state index contributed by atoms with van der Waals surface area (Å²) in [5.74, 6) is -0.705. The zero-order valence-electron chi connectivity index (χ0n) is 15.7. The van der Waals surface area contributed by atoms with Gasteiger partial charge in [0.15, 0.2) is 5.13 Å². The maximum atomic E-state index is 13.0. The van der Waals surface area contributed by atoms with E-state index in [1.54, 1.807) is 24.4 Å². The number of rotatable bonds is 7. The number of nitrogens with zero attached hydrogens (tertiary/aromatic N) is 3. The number of carbonyl (C=O) groups is 2. The molecule has 2 aromatic rings. The summed E-state index contributed by atoms with van der Waals surface area (Å²) in [6.45, 7) is 5.42. The third-order valence-electron chi connectivity index (χ3n) is 4.36. The van der Waals surface area contributed by atoms with Crippen LogP contribution in [0.1, 0.15) is 12.6 Å². The Morgan fingerprint density at radius 3 is 2.61 bits per heavy atom. The van der Waals surface area contributed by atoms with Gasteiger partial charge in [-0.2, -0.15) is 0 Å². The summed E-state index contributed by atoms with van der Waals surface area (Å²) in [5.41, 5.74) is 1.58. The number of aromatic nitrogens is 1. The van der Waals surface area contributed by atoms with Crippen molar-refractivity contribution in [2.24, 2.45) is 0 Å². The number of esters is 1. The van der Waals surface area contributed by atoms with Crippen molar-refractivity contribution in [3.05, 3.63) is 41.2 Å². The Bertz CT molecular complexity index is 804.